The van der Waals surface area contributed by atoms with E-state index in [1.165, 1.54) is 12.7 Å². The van der Waals surface area contributed by atoms with E-state index in [1.54, 1.807) is 6.92 Å². The highest BCUT2D eigenvalue weighted by Crippen LogP contribution is 2.15. The molecule has 1 aromatic heterocycles. The summed E-state index contributed by atoms with van der Waals surface area (Å²) in [6.07, 6.45) is 1.33. The molecule has 0 spiro atoms. The zero-order chi connectivity index (χ0) is 16.4. The minimum Gasteiger partial charge on any atom is -0.438 e. The third-order valence-electron chi connectivity index (χ3n) is 2.72. The third kappa shape index (κ3) is 6.39. The van der Waals surface area contributed by atoms with Gasteiger partial charge >= 0.3 is 6.16 Å². The molecule has 0 atom stereocenters. The number of carbonyl (C=O) groups excluding carboxylic acids is 1. The van der Waals surface area contributed by atoms with Crippen LogP contribution in [0.1, 0.15) is 31.2 Å². The summed E-state index contributed by atoms with van der Waals surface area (Å²) in [6.45, 7) is 6.32. The average molecular weight is 306 g/mol. The third-order valence-corrected chi connectivity index (χ3v) is 2.72. The fourth-order valence-electron chi connectivity index (χ4n) is 1.48. The Balaban J connectivity index is 0.000000239. The highest BCUT2D eigenvalue weighted by atomic mass is 16.7. The molecule has 0 fully saturated rings. The Bertz CT molecular complexity index is 564. The van der Waals surface area contributed by atoms with Gasteiger partial charge in [0.15, 0.2) is 0 Å². The van der Waals surface area contributed by atoms with Crippen molar-refractivity contribution in [3.05, 3.63) is 35.7 Å². The van der Waals surface area contributed by atoms with E-state index < -0.39 is 6.16 Å². The summed E-state index contributed by atoms with van der Waals surface area (Å²) in [5.41, 5.74) is 2.21. The van der Waals surface area contributed by atoms with Gasteiger partial charge in [0.25, 0.3) is 0 Å². The van der Waals surface area contributed by atoms with Gasteiger partial charge in [-0.2, -0.15) is 4.98 Å². The normalized spacial score (nSPS) is 9.64. The number of nitrogens with zero attached hydrogens (tertiary/aromatic N) is 2. The Hall–Kier alpha value is -2.37. The molecule has 0 amide bonds. The van der Waals surface area contributed by atoms with Gasteiger partial charge in [-0.15, -0.1) is 0 Å². The molecular weight excluding hydrogens is 284 g/mol. The lowest BCUT2D eigenvalue weighted by Crippen LogP contribution is -2.04. The van der Waals surface area contributed by atoms with Crippen LogP contribution in [0.4, 0.5) is 4.79 Å². The molecule has 1 aromatic carbocycles. The van der Waals surface area contributed by atoms with Crippen molar-refractivity contribution in [2.24, 2.45) is 0 Å². The summed E-state index contributed by atoms with van der Waals surface area (Å²) in [7, 11) is 1.30. The standard InChI is InChI=1S/C10H10N2O.C6H12O3/c1-7-3-5-9(6-4-7)10-11-8(2)13-12-10;1-3-4-5-9-6(7)8-2/h3-6H,1-2H3;3-5H2,1-2H3. The molecule has 0 saturated carbocycles. The number of carbonyl (C=O) groups is 1. The van der Waals surface area contributed by atoms with Crippen molar-refractivity contribution in [1.82, 2.24) is 10.1 Å². The predicted molar refractivity (Wildman–Crippen MR) is 82.5 cm³/mol. The van der Waals surface area contributed by atoms with E-state index in [-0.39, 0.29) is 0 Å². The highest BCUT2D eigenvalue weighted by molar-refractivity contribution is 5.59. The molecule has 0 bridgehead atoms. The number of rotatable bonds is 4. The number of unbranched alkanes of at least 4 members (excludes halogenated alkanes) is 1. The van der Waals surface area contributed by atoms with Crippen molar-refractivity contribution < 1.29 is 18.8 Å². The zero-order valence-corrected chi connectivity index (χ0v) is 13.5. The topological polar surface area (TPSA) is 74.5 Å². The van der Waals surface area contributed by atoms with E-state index >= 15 is 0 Å². The highest BCUT2D eigenvalue weighted by Gasteiger charge is 2.03. The van der Waals surface area contributed by atoms with Crippen LogP contribution in [-0.4, -0.2) is 30.0 Å². The minimum absolute atomic E-state index is 0.461. The average Bonchev–Trinajstić information content (AvgIpc) is 2.95. The van der Waals surface area contributed by atoms with Gasteiger partial charge in [-0.25, -0.2) is 4.79 Å². The predicted octanol–water partition coefficient (Wildman–Crippen LogP) is 3.92. The van der Waals surface area contributed by atoms with E-state index in [0.29, 0.717) is 18.3 Å². The van der Waals surface area contributed by atoms with Gasteiger partial charge in [-0.3, -0.25) is 0 Å². The van der Waals surface area contributed by atoms with E-state index in [4.69, 9.17) is 4.52 Å². The lowest BCUT2D eigenvalue weighted by Gasteiger charge is -1.99. The molecule has 1 heterocycles. The molecule has 0 saturated heterocycles. The largest absolute Gasteiger partial charge is 0.507 e. The van der Waals surface area contributed by atoms with Crippen molar-refractivity contribution in [3.63, 3.8) is 0 Å². The minimum atomic E-state index is -0.594. The first-order chi connectivity index (χ1) is 10.6. The van der Waals surface area contributed by atoms with Gasteiger partial charge in [-0.1, -0.05) is 48.3 Å². The van der Waals surface area contributed by atoms with Crippen molar-refractivity contribution in [2.45, 2.75) is 33.6 Å². The fraction of sp³-hybridized carbons (Fsp3) is 0.438. The lowest BCUT2D eigenvalue weighted by molar-refractivity contribution is 0.0717. The van der Waals surface area contributed by atoms with Gasteiger partial charge in [0.1, 0.15) is 0 Å². The van der Waals surface area contributed by atoms with Crippen LogP contribution in [0, 0.1) is 13.8 Å². The Morgan fingerprint density at radius 3 is 2.41 bits per heavy atom. The summed E-state index contributed by atoms with van der Waals surface area (Å²) >= 11 is 0. The van der Waals surface area contributed by atoms with Crippen LogP contribution in [0.25, 0.3) is 11.4 Å². The summed E-state index contributed by atoms with van der Waals surface area (Å²) in [5, 5.41) is 3.83. The van der Waals surface area contributed by atoms with Crippen molar-refractivity contribution in [3.8, 4) is 11.4 Å². The smallest absolute Gasteiger partial charge is 0.438 e. The molecule has 0 aliphatic rings. The van der Waals surface area contributed by atoms with Crippen molar-refractivity contribution in [1.29, 1.82) is 0 Å². The number of aryl methyl sites for hydroxylation is 2. The van der Waals surface area contributed by atoms with Gasteiger partial charge in [0, 0.05) is 12.5 Å². The maximum absolute atomic E-state index is 10.2. The Morgan fingerprint density at radius 1 is 1.23 bits per heavy atom. The fourth-order valence-corrected chi connectivity index (χ4v) is 1.48. The number of hydrogen-bond acceptors (Lipinski definition) is 6. The van der Waals surface area contributed by atoms with E-state index in [0.717, 1.165) is 18.4 Å². The summed E-state index contributed by atoms with van der Waals surface area (Å²) in [6, 6.07) is 8.03. The van der Waals surface area contributed by atoms with Crippen LogP contribution in [0.3, 0.4) is 0 Å². The van der Waals surface area contributed by atoms with Crippen LogP contribution in [-0.2, 0) is 9.47 Å². The number of benzene rings is 1. The summed E-state index contributed by atoms with van der Waals surface area (Å²) < 4.78 is 13.7. The maximum atomic E-state index is 10.2. The second kappa shape index (κ2) is 9.55. The first kappa shape index (κ1) is 17.7. The first-order valence-corrected chi connectivity index (χ1v) is 7.15. The van der Waals surface area contributed by atoms with Crippen LogP contribution < -0.4 is 0 Å². The molecule has 0 aliphatic heterocycles. The molecule has 0 N–H and O–H groups in total. The Labute approximate surface area is 130 Å². The summed E-state index contributed by atoms with van der Waals surface area (Å²) in [4.78, 5) is 14.4. The van der Waals surface area contributed by atoms with Gasteiger partial charge in [0.2, 0.25) is 11.7 Å². The SMILES string of the molecule is CCCCOC(=O)OC.Cc1ccc(-c2noc(C)n2)cc1. The zero-order valence-electron chi connectivity index (χ0n) is 13.5. The quantitative estimate of drug-likeness (QED) is 0.629. The number of hydrogen-bond donors (Lipinski definition) is 0. The van der Waals surface area contributed by atoms with Crippen LogP contribution in [0.5, 0.6) is 0 Å². The molecule has 120 valence electrons. The van der Waals surface area contributed by atoms with Gasteiger partial charge in [-0.05, 0) is 13.3 Å². The van der Waals surface area contributed by atoms with E-state index in [9.17, 15) is 4.79 Å². The number of methoxy groups -OCH3 is 1. The van der Waals surface area contributed by atoms with Gasteiger partial charge in [0.05, 0.1) is 13.7 Å². The number of ether oxygens (including phenoxy) is 2. The van der Waals surface area contributed by atoms with Crippen LogP contribution >= 0.6 is 0 Å². The molecule has 2 aromatic rings. The first-order valence-electron chi connectivity index (χ1n) is 7.15. The molecule has 0 unspecified atom stereocenters. The van der Waals surface area contributed by atoms with Crippen molar-refractivity contribution >= 4 is 6.16 Å². The monoisotopic (exact) mass is 306 g/mol. The molecule has 6 heteroatoms. The van der Waals surface area contributed by atoms with Gasteiger partial charge < -0.3 is 14.0 Å². The molecule has 0 aliphatic carbocycles. The second-order valence-electron chi connectivity index (χ2n) is 4.66. The molecular formula is C16H22N2O4. The number of aromatic nitrogens is 2. The second-order valence-corrected chi connectivity index (χ2v) is 4.66. The van der Waals surface area contributed by atoms with E-state index in [2.05, 4.69) is 19.6 Å². The molecule has 2 rings (SSSR count). The molecule has 6 nitrogen and oxygen atoms in total. The van der Waals surface area contributed by atoms with Crippen molar-refractivity contribution in [2.75, 3.05) is 13.7 Å². The Morgan fingerprint density at radius 2 is 1.91 bits per heavy atom. The maximum Gasteiger partial charge on any atom is 0.507 e. The molecule has 0 radical (unpaired) electrons. The molecule has 22 heavy (non-hydrogen) atoms. The van der Waals surface area contributed by atoms with E-state index in [1.807, 2.05) is 38.1 Å². The lowest BCUT2D eigenvalue weighted by atomic mass is 10.1. The Kier molecular flexibility index (Phi) is 7.67. The van der Waals surface area contributed by atoms with Crippen LogP contribution in [0.2, 0.25) is 0 Å². The summed E-state index contributed by atoms with van der Waals surface area (Å²) in [5.74, 6) is 1.24. The van der Waals surface area contributed by atoms with Crippen LogP contribution in [0.15, 0.2) is 28.8 Å².